The van der Waals surface area contributed by atoms with Gasteiger partial charge in [0, 0.05) is 18.2 Å². The molecule has 1 unspecified atom stereocenters. The number of pyridine rings is 1. The Morgan fingerprint density at radius 1 is 0.965 bits per heavy atom. The average molecular weight is 800 g/mol. The lowest BCUT2D eigenvalue weighted by Gasteiger charge is -2.27. The van der Waals surface area contributed by atoms with Crippen molar-refractivity contribution in [3.8, 4) is 51.4 Å². The van der Waals surface area contributed by atoms with Crippen molar-refractivity contribution in [2.75, 3.05) is 14.2 Å². The Balaban J connectivity index is 1.24. The van der Waals surface area contributed by atoms with E-state index >= 15 is 0 Å². The molecule has 0 saturated heterocycles. The number of aromatic nitrogens is 5. The summed E-state index contributed by atoms with van der Waals surface area (Å²) in [5.41, 5.74) is 0.576. The molecule has 1 atom stereocenters. The molecule has 0 bridgehead atoms. The zero-order valence-electron chi connectivity index (χ0n) is 30.9. The number of nitrogens with zero attached hydrogens (tertiary/aromatic N) is 4. The van der Waals surface area contributed by atoms with Crippen molar-refractivity contribution in [1.82, 2.24) is 24.3 Å². The van der Waals surface area contributed by atoms with Gasteiger partial charge in [-0.05, 0) is 93.5 Å². The fourth-order valence-corrected chi connectivity index (χ4v) is 7.74. The third-order valence-corrected chi connectivity index (χ3v) is 10.7. The monoisotopic (exact) mass is 799 g/mol. The van der Waals surface area contributed by atoms with Crippen LogP contribution in [0.4, 0.5) is 13.2 Å². The highest BCUT2D eigenvalue weighted by molar-refractivity contribution is 7.71. The van der Waals surface area contributed by atoms with Gasteiger partial charge in [-0.25, -0.2) is 9.67 Å². The van der Waals surface area contributed by atoms with E-state index in [1.807, 2.05) is 12.1 Å². The summed E-state index contributed by atoms with van der Waals surface area (Å²) < 4.78 is 62.9. The zero-order valence-corrected chi connectivity index (χ0v) is 31.7. The Morgan fingerprint density at radius 2 is 1.68 bits per heavy atom. The van der Waals surface area contributed by atoms with Gasteiger partial charge in [0.2, 0.25) is 0 Å². The predicted molar refractivity (Wildman–Crippen MR) is 203 cm³/mol. The summed E-state index contributed by atoms with van der Waals surface area (Å²) in [6.07, 6.45) is -2.84. The number of methoxy groups -OCH3 is 2. The fraction of sp³-hybridized carbons (Fsp3) is 0.225. The number of carbonyl (C=O) groups excluding carboxylic acids is 1. The summed E-state index contributed by atoms with van der Waals surface area (Å²) >= 11 is 5.59. The molecule has 1 aliphatic carbocycles. The van der Waals surface area contributed by atoms with E-state index in [4.69, 9.17) is 31.4 Å². The van der Waals surface area contributed by atoms with Gasteiger partial charge < -0.3 is 33.7 Å². The van der Waals surface area contributed by atoms with Gasteiger partial charge >= 0.3 is 6.36 Å². The van der Waals surface area contributed by atoms with Crippen LogP contribution in [0.5, 0.6) is 34.5 Å². The Kier molecular flexibility index (Phi) is 8.68. The number of benzene rings is 3. The second-order valence-corrected chi connectivity index (χ2v) is 14.1. The molecular formula is C40H32F3N5O8S. The quantitative estimate of drug-likeness (QED) is 0.132. The number of fused-ring (bicyclic) bond motifs is 5. The Labute approximate surface area is 326 Å². The van der Waals surface area contributed by atoms with E-state index in [9.17, 15) is 33.0 Å². The summed E-state index contributed by atoms with van der Waals surface area (Å²) in [4.78, 5) is 35.3. The van der Waals surface area contributed by atoms with Crippen LogP contribution in [0, 0.1) is 18.6 Å². The molecule has 8 rings (SSSR count). The SMILES string of the molecule is COc1ccc(CCn2c(=S)[nH]c(=O)c3ccc(-c4c(O)c(C)c(O)c5c4OC4=Cc6c(c(C)nn6-c6ccc(OC(F)(F)F)cc6)C(=O)C45C)nc32)cc1OC. The number of Topliss-reactive ketones (excluding diaryl/α,β-unsaturated/α-hetero) is 1. The number of allylic oxidation sites excluding steroid dienone is 1. The average Bonchev–Trinajstić information content (AvgIpc) is 3.66. The molecule has 57 heavy (non-hydrogen) atoms. The summed E-state index contributed by atoms with van der Waals surface area (Å²) in [5.74, 6) is -0.447. The predicted octanol–water partition coefficient (Wildman–Crippen LogP) is 7.38. The first-order valence-electron chi connectivity index (χ1n) is 17.4. The molecule has 3 N–H and O–H groups in total. The summed E-state index contributed by atoms with van der Waals surface area (Å²) in [5, 5.41) is 28.0. The minimum absolute atomic E-state index is 0.0270. The molecule has 3 aromatic carbocycles. The number of aromatic hydroxyl groups is 2. The molecule has 17 heteroatoms. The van der Waals surface area contributed by atoms with Gasteiger partial charge in [0.15, 0.2) is 22.1 Å². The molecule has 292 valence electrons. The van der Waals surface area contributed by atoms with Gasteiger partial charge in [0.1, 0.15) is 39.8 Å². The van der Waals surface area contributed by atoms with E-state index in [1.165, 1.54) is 36.9 Å². The first-order chi connectivity index (χ1) is 27.0. The highest BCUT2D eigenvalue weighted by Gasteiger charge is 2.55. The van der Waals surface area contributed by atoms with Gasteiger partial charge in [0.05, 0.1) is 59.1 Å². The molecule has 13 nitrogen and oxygen atoms in total. The lowest BCUT2D eigenvalue weighted by atomic mass is 9.71. The van der Waals surface area contributed by atoms with Crippen molar-refractivity contribution in [3.63, 3.8) is 0 Å². The molecule has 0 spiro atoms. The molecule has 2 aliphatic rings. The molecule has 1 aliphatic heterocycles. The highest BCUT2D eigenvalue weighted by Crippen LogP contribution is 2.60. The molecule has 3 aromatic heterocycles. The van der Waals surface area contributed by atoms with E-state index < -0.39 is 28.9 Å². The molecule has 0 amide bonds. The topological polar surface area (TPSA) is 163 Å². The standard InChI is InChI=1S/C40H32F3N5O8S/c1-18-32(49)30(24-12-11-23-36(44-24)47(38(57)45-37(23)52)15-14-20-6-13-26(53-4)27(16-20)54-5)34-31(33(18)50)39(3)28(55-34)17-25-29(35(39)51)19(2)46-48(25)21-7-9-22(10-8-21)56-40(41,42)43/h6-13,16-17,49-50H,14-15H2,1-5H3,(H,45,52,57). The van der Waals surface area contributed by atoms with Crippen LogP contribution in [0.3, 0.4) is 0 Å². The zero-order chi connectivity index (χ0) is 40.7. The van der Waals surface area contributed by atoms with Crippen LogP contribution < -0.4 is 24.5 Å². The summed E-state index contributed by atoms with van der Waals surface area (Å²) in [6.45, 7) is 4.99. The number of hydrogen-bond donors (Lipinski definition) is 3. The van der Waals surface area contributed by atoms with Gasteiger partial charge in [-0.1, -0.05) is 6.07 Å². The first-order valence-corrected chi connectivity index (χ1v) is 17.8. The number of H-pyrrole nitrogens is 1. The number of ether oxygens (including phenoxy) is 4. The van der Waals surface area contributed by atoms with Crippen molar-refractivity contribution >= 4 is 35.1 Å². The lowest BCUT2D eigenvalue weighted by molar-refractivity contribution is -0.274. The molecule has 4 heterocycles. The second-order valence-electron chi connectivity index (χ2n) is 13.7. The minimum atomic E-state index is -4.88. The third kappa shape index (κ3) is 5.87. The maximum absolute atomic E-state index is 14.6. The number of phenolic OH excluding ortho intramolecular Hbond substituents is 2. The van der Waals surface area contributed by atoms with Gasteiger partial charge in [0.25, 0.3) is 5.56 Å². The number of carbonyl (C=O) groups is 1. The maximum atomic E-state index is 14.6. The molecule has 0 saturated carbocycles. The number of rotatable bonds is 8. The van der Waals surface area contributed by atoms with Crippen LogP contribution in [0.2, 0.25) is 0 Å². The van der Waals surface area contributed by atoms with Gasteiger partial charge in [-0.2, -0.15) is 5.10 Å². The number of hydrogen-bond acceptors (Lipinski definition) is 11. The molecule has 6 aromatic rings. The van der Waals surface area contributed by atoms with Crippen LogP contribution in [-0.4, -0.2) is 60.9 Å². The molecule has 0 radical (unpaired) electrons. The number of ketones is 1. The largest absolute Gasteiger partial charge is 0.573 e. The van der Waals surface area contributed by atoms with E-state index in [2.05, 4.69) is 14.8 Å². The number of alkyl halides is 3. The van der Waals surface area contributed by atoms with Gasteiger partial charge in [-0.15, -0.1) is 13.2 Å². The molecular weight excluding hydrogens is 768 g/mol. The number of phenols is 2. The maximum Gasteiger partial charge on any atom is 0.573 e. The number of halogens is 3. The van der Waals surface area contributed by atoms with Crippen LogP contribution in [0.1, 0.15) is 45.4 Å². The Morgan fingerprint density at radius 3 is 2.37 bits per heavy atom. The first kappa shape index (κ1) is 37.3. The van der Waals surface area contributed by atoms with Crippen molar-refractivity contribution in [3.05, 3.63) is 109 Å². The van der Waals surface area contributed by atoms with Gasteiger partial charge in [-0.3, -0.25) is 14.6 Å². The minimum Gasteiger partial charge on any atom is -0.507 e. The third-order valence-electron chi connectivity index (χ3n) is 10.4. The van der Waals surface area contributed by atoms with E-state index in [-0.39, 0.29) is 66.8 Å². The smallest absolute Gasteiger partial charge is 0.507 e. The fourth-order valence-electron chi connectivity index (χ4n) is 7.47. The number of nitrogens with one attached hydrogen (secondary N) is 1. The Hall–Kier alpha value is -6.62. The van der Waals surface area contributed by atoms with E-state index in [0.29, 0.717) is 41.5 Å². The van der Waals surface area contributed by atoms with Crippen LogP contribution in [0.25, 0.3) is 34.1 Å². The normalized spacial score (nSPS) is 15.8. The van der Waals surface area contributed by atoms with E-state index in [1.54, 1.807) is 43.7 Å². The van der Waals surface area contributed by atoms with Crippen molar-refractivity contribution < 1.29 is 47.1 Å². The van der Waals surface area contributed by atoms with Crippen LogP contribution in [0.15, 0.2) is 65.2 Å². The van der Waals surface area contributed by atoms with Crippen molar-refractivity contribution in [1.29, 1.82) is 0 Å². The summed E-state index contributed by atoms with van der Waals surface area (Å²) in [7, 11) is 3.08. The van der Waals surface area contributed by atoms with Crippen LogP contribution >= 0.6 is 12.2 Å². The van der Waals surface area contributed by atoms with Crippen LogP contribution in [-0.2, 0) is 18.4 Å². The second kappa shape index (κ2) is 13.3. The number of aryl methyl sites for hydroxylation is 3. The highest BCUT2D eigenvalue weighted by atomic mass is 32.1. The lowest BCUT2D eigenvalue weighted by Crippen LogP contribution is -2.36. The summed E-state index contributed by atoms with van der Waals surface area (Å²) in [6, 6.07) is 13.6. The van der Waals surface area contributed by atoms with Crippen molar-refractivity contribution in [2.24, 2.45) is 0 Å². The molecule has 0 fully saturated rings. The Bertz CT molecular complexity index is 2840. The van der Waals surface area contributed by atoms with Crippen molar-refractivity contribution in [2.45, 2.75) is 45.5 Å². The van der Waals surface area contributed by atoms with E-state index in [0.717, 1.165) is 17.7 Å². The number of aromatic amines is 1.